The Hall–Kier alpha value is -5.41. The highest BCUT2D eigenvalue weighted by Crippen LogP contribution is 2.38. The van der Waals surface area contributed by atoms with Crippen LogP contribution in [0.5, 0.6) is 0 Å². The van der Waals surface area contributed by atoms with Crippen molar-refractivity contribution in [1.82, 2.24) is 0 Å². The van der Waals surface area contributed by atoms with E-state index in [2.05, 4.69) is 139 Å². The lowest BCUT2D eigenvalue weighted by Crippen LogP contribution is -2.11. The Morgan fingerprint density at radius 3 is 1.56 bits per heavy atom. The van der Waals surface area contributed by atoms with E-state index >= 15 is 0 Å². The predicted octanol–water partition coefficient (Wildman–Crippen LogP) is 10.9. The van der Waals surface area contributed by atoms with Gasteiger partial charge >= 0.3 is 0 Å². The van der Waals surface area contributed by atoms with Gasteiger partial charge in [0.15, 0.2) is 0 Å². The third-order valence-corrected chi connectivity index (χ3v) is 7.44. The molecule has 3 heteroatoms. The molecule has 0 unspecified atom stereocenters. The minimum Gasteiger partial charge on any atom is -0.310 e. The molecule has 0 aliphatic heterocycles. The summed E-state index contributed by atoms with van der Waals surface area (Å²) in [5, 5.41) is 7.02. The molecular formula is C40H35N3. The molecule has 6 aromatic rings. The number of benzene rings is 6. The van der Waals surface area contributed by atoms with E-state index in [-0.39, 0.29) is 0 Å². The average molecular weight is 558 g/mol. The first kappa shape index (κ1) is 27.7. The van der Waals surface area contributed by atoms with Crippen molar-refractivity contribution in [2.24, 2.45) is 5.10 Å². The van der Waals surface area contributed by atoms with Gasteiger partial charge in [0.1, 0.15) is 0 Å². The molecule has 0 radical (unpaired) electrons. The summed E-state index contributed by atoms with van der Waals surface area (Å²) >= 11 is 0. The summed E-state index contributed by atoms with van der Waals surface area (Å²) in [5.74, 6) is 0. The van der Waals surface area contributed by atoms with Crippen LogP contribution in [0, 0.1) is 0 Å². The standard InChI is InChI=1S/C40H35N3/c1-2-15-32-24-27-36(28-25-32)42(35-18-9-4-10-19-35)39-29-26-34(40(30-39)33-16-7-3-8-17-33)31-41-43(37-20-11-5-12-21-37)38-22-13-6-14-23-38/h3-14,16-31H,2,15H2,1H3. The highest BCUT2D eigenvalue weighted by atomic mass is 15.5. The van der Waals surface area contributed by atoms with E-state index in [0.29, 0.717) is 0 Å². The summed E-state index contributed by atoms with van der Waals surface area (Å²) < 4.78 is 0. The topological polar surface area (TPSA) is 18.8 Å². The smallest absolute Gasteiger partial charge is 0.0652 e. The van der Waals surface area contributed by atoms with Gasteiger partial charge in [0.2, 0.25) is 0 Å². The van der Waals surface area contributed by atoms with Crippen LogP contribution >= 0.6 is 0 Å². The Balaban J connectivity index is 1.45. The Labute approximate surface area is 255 Å². The fourth-order valence-electron chi connectivity index (χ4n) is 5.33. The number of anilines is 5. The van der Waals surface area contributed by atoms with Gasteiger partial charge < -0.3 is 4.90 Å². The zero-order chi connectivity index (χ0) is 29.3. The molecule has 6 aromatic carbocycles. The fourth-order valence-corrected chi connectivity index (χ4v) is 5.33. The third-order valence-electron chi connectivity index (χ3n) is 7.44. The van der Waals surface area contributed by atoms with Gasteiger partial charge in [-0.05, 0) is 83.8 Å². The van der Waals surface area contributed by atoms with Crippen molar-refractivity contribution in [2.45, 2.75) is 19.8 Å². The van der Waals surface area contributed by atoms with E-state index in [1.807, 2.05) is 47.6 Å². The van der Waals surface area contributed by atoms with Gasteiger partial charge in [-0.2, -0.15) is 5.10 Å². The van der Waals surface area contributed by atoms with Crippen molar-refractivity contribution in [2.75, 3.05) is 9.91 Å². The van der Waals surface area contributed by atoms with E-state index in [4.69, 9.17) is 5.10 Å². The van der Waals surface area contributed by atoms with E-state index in [0.717, 1.165) is 58.0 Å². The van der Waals surface area contributed by atoms with Crippen LogP contribution in [0.15, 0.2) is 169 Å². The van der Waals surface area contributed by atoms with Gasteiger partial charge in [-0.25, -0.2) is 5.01 Å². The molecule has 0 spiro atoms. The molecule has 0 amide bonds. The maximum Gasteiger partial charge on any atom is 0.0652 e. The Kier molecular flexibility index (Phi) is 8.71. The molecule has 0 atom stereocenters. The minimum absolute atomic E-state index is 1.00. The molecule has 0 aromatic heterocycles. The number of aryl methyl sites for hydroxylation is 1. The van der Waals surface area contributed by atoms with Gasteiger partial charge in [0.25, 0.3) is 0 Å². The van der Waals surface area contributed by atoms with E-state index in [9.17, 15) is 0 Å². The molecular weight excluding hydrogens is 522 g/mol. The van der Waals surface area contributed by atoms with Crippen molar-refractivity contribution < 1.29 is 0 Å². The van der Waals surface area contributed by atoms with Gasteiger partial charge in [-0.3, -0.25) is 0 Å². The second kappa shape index (κ2) is 13.5. The maximum atomic E-state index is 5.03. The van der Waals surface area contributed by atoms with Gasteiger partial charge in [-0.15, -0.1) is 0 Å². The summed E-state index contributed by atoms with van der Waals surface area (Å²) in [7, 11) is 0. The largest absolute Gasteiger partial charge is 0.310 e. The molecule has 0 fully saturated rings. The first-order valence-corrected chi connectivity index (χ1v) is 14.9. The molecule has 43 heavy (non-hydrogen) atoms. The number of hydrogen-bond donors (Lipinski definition) is 0. The molecule has 0 N–H and O–H groups in total. The number of nitrogens with zero attached hydrogens (tertiary/aromatic N) is 3. The van der Waals surface area contributed by atoms with Crippen molar-refractivity contribution in [3.8, 4) is 11.1 Å². The van der Waals surface area contributed by atoms with Crippen LogP contribution in [-0.4, -0.2) is 6.21 Å². The highest BCUT2D eigenvalue weighted by Gasteiger charge is 2.15. The molecule has 0 saturated heterocycles. The zero-order valence-corrected chi connectivity index (χ0v) is 24.4. The number of para-hydroxylation sites is 3. The van der Waals surface area contributed by atoms with Crippen LogP contribution < -0.4 is 9.91 Å². The Bertz CT molecular complexity index is 1710. The number of hydrogen-bond acceptors (Lipinski definition) is 3. The van der Waals surface area contributed by atoms with Crippen LogP contribution in [0.3, 0.4) is 0 Å². The Morgan fingerprint density at radius 2 is 1.00 bits per heavy atom. The van der Waals surface area contributed by atoms with Crippen molar-refractivity contribution in [1.29, 1.82) is 0 Å². The summed E-state index contributed by atoms with van der Waals surface area (Å²) in [6, 6.07) is 57.2. The first-order valence-electron chi connectivity index (χ1n) is 14.9. The average Bonchev–Trinajstić information content (AvgIpc) is 3.08. The summed E-state index contributed by atoms with van der Waals surface area (Å²) in [5.41, 5.74) is 10.0. The van der Waals surface area contributed by atoms with Crippen LogP contribution in [0.4, 0.5) is 28.4 Å². The number of rotatable bonds is 10. The highest BCUT2D eigenvalue weighted by molar-refractivity contribution is 5.94. The third kappa shape index (κ3) is 6.58. The molecule has 6 rings (SSSR count). The van der Waals surface area contributed by atoms with Gasteiger partial charge in [-0.1, -0.05) is 116 Å². The summed E-state index contributed by atoms with van der Waals surface area (Å²) in [6.45, 7) is 2.22. The van der Waals surface area contributed by atoms with Crippen LogP contribution in [0.1, 0.15) is 24.5 Å². The lowest BCUT2D eigenvalue weighted by molar-refractivity contribution is 0.922. The molecule has 0 aliphatic rings. The first-order chi connectivity index (χ1) is 21.3. The monoisotopic (exact) mass is 557 g/mol. The van der Waals surface area contributed by atoms with Crippen molar-refractivity contribution in [3.63, 3.8) is 0 Å². The fraction of sp³-hybridized carbons (Fsp3) is 0.0750. The minimum atomic E-state index is 1.00. The molecule has 210 valence electrons. The van der Waals surface area contributed by atoms with Crippen LogP contribution in [0.2, 0.25) is 0 Å². The SMILES string of the molecule is CCCc1ccc(N(c2ccccc2)c2ccc(C=NN(c3ccccc3)c3ccccc3)c(-c3ccccc3)c2)cc1. The second-order valence-electron chi connectivity index (χ2n) is 10.5. The lowest BCUT2D eigenvalue weighted by atomic mass is 9.98. The van der Waals surface area contributed by atoms with Crippen molar-refractivity contribution >= 4 is 34.7 Å². The zero-order valence-electron chi connectivity index (χ0n) is 24.4. The van der Waals surface area contributed by atoms with Crippen LogP contribution in [0.25, 0.3) is 11.1 Å². The molecule has 3 nitrogen and oxygen atoms in total. The summed E-state index contributed by atoms with van der Waals surface area (Å²) in [4.78, 5) is 2.32. The normalized spacial score (nSPS) is 11.0. The molecule has 0 bridgehead atoms. The predicted molar refractivity (Wildman–Crippen MR) is 183 cm³/mol. The maximum absolute atomic E-state index is 5.03. The number of hydrazone groups is 1. The molecule has 0 heterocycles. The van der Waals surface area contributed by atoms with Gasteiger partial charge in [0, 0.05) is 22.6 Å². The van der Waals surface area contributed by atoms with E-state index in [1.54, 1.807) is 0 Å². The van der Waals surface area contributed by atoms with Crippen LogP contribution in [-0.2, 0) is 6.42 Å². The second-order valence-corrected chi connectivity index (χ2v) is 10.5. The Morgan fingerprint density at radius 1 is 0.512 bits per heavy atom. The lowest BCUT2D eigenvalue weighted by Gasteiger charge is -2.26. The molecule has 0 aliphatic carbocycles. The van der Waals surface area contributed by atoms with Crippen molar-refractivity contribution in [3.05, 3.63) is 175 Å². The van der Waals surface area contributed by atoms with E-state index < -0.39 is 0 Å². The quantitative estimate of drug-likeness (QED) is 0.123. The van der Waals surface area contributed by atoms with Gasteiger partial charge in [0.05, 0.1) is 17.6 Å². The van der Waals surface area contributed by atoms with E-state index in [1.165, 1.54) is 5.56 Å². The summed E-state index contributed by atoms with van der Waals surface area (Å²) in [6.07, 6.45) is 4.19. The molecule has 0 saturated carbocycles.